The van der Waals surface area contributed by atoms with E-state index in [2.05, 4.69) is 29.1 Å². The highest BCUT2D eigenvalue weighted by atomic mass is 16.5. The van der Waals surface area contributed by atoms with Gasteiger partial charge in [0.15, 0.2) is 11.5 Å². The lowest BCUT2D eigenvalue weighted by atomic mass is 10.0. The first-order valence-corrected chi connectivity index (χ1v) is 9.91. The highest BCUT2D eigenvalue weighted by molar-refractivity contribution is 6.00. The van der Waals surface area contributed by atoms with E-state index >= 15 is 0 Å². The zero-order valence-electron chi connectivity index (χ0n) is 16.2. The topological polar surface area (TPSA) is 75.6 Å². The summed E-state index contributed by atoms with van der Waals surface area (Å²) in [6, 6.07) is 6.04. The van der Waals surface area contributed by atoms with Crippen LogP contribution in [0.4, 0.5) is 0 Å². The van der Waals surface area contributed by atoms with E-state index in [1.807, 2.05) is 23.1 Å². The van der Waals surface area contributed by atoms with Gasteiger partial charge >= 0.3 is 0 Å². The van der Waals surface area contributed by atoms with Crippen molar-refractivity contribution in [2.45, 2.75) is 37.6 Å². The molecule has 2 aromatic heterocycles. The van der Waals surface area contributed by atoms with Gasteiger partial charge in [-0.15, -0.1) is 0 Å². The maximum Gasteiger partial charge on any atom is 0.253 e. The number of carbonyl (C=O) groups excluding carboxylic acids is 1. The second-order valence-corrected chi connectivity index (χ2v) is 8.07. The molecule has 0 spiro atoms. The highest BCUT2D eigenvalue weighted by Gasteiger charge is 2.30. The smallest absolute Gasteiger partial charge is 0.253 e. The van der Waals surface area contributed by atoms with Crippen molar-refractivity contribution in [3.05, 3.63) is 35.9 Å². The van der Waals surface area contributed by atoms with E-state index in [4.69, 9.17) is 8.94 Å². The molecule has 1 saturated carbocycles. The number of likely N-dealkylation sites (tertiary alicyclic amines) is 1. The molecule has 0 bridgehead atoms. The summed E-state index contributed by atoms with van der Waals surface area (Å²) in [5, 5.41) is 4.97. The number of piperidine rings is 1. The first-order valence-electron chi connectivity index (χ1n) is 9.91. The second kappa shape index (κ2) is 6.74. The van der Waals surface area contributed by atoms with Crippen LogP contribution in [0.2, 0.25) is 0 Å². The van der Waals surface area contributed by atoms with Gasteiger partial charge in [-0.3, -0.25) is 4.79 Å². The van der Waals surface area contributed by atoms with Crippen molar-refractivity contribution < 1.29 is 13.7 Å². The number of rotatable bonds is 4. The summed E-state index contributed by atoms with van der Waals surface area (Å²) in [4.78, 5) is 21.8. The number of aromatic nitrogens is 2. The zero-order chi connectivity index (χ0) is 19.3. The van der Waals surface area contributed by atoms with Crippen LogP contribution in [0.1, 0.15) is 47.8 Å². The molecule has 0 atom stereocenters. The normalized spacial score (nSPS) is 18.3. The van der Waals surface area contributed by atoms with Crippen LogP contribution in [0.25, 0.3) is 22.4 Å². The molecule has 7 heteroatoms. The molecule has 3 heterocycles. The van der Waals surface area contributed by atoms with E-state index in [0.29, 0.717) is 34.5 Å². The second-order valence-electron chi connectivity index (χ2n) is 8.07. The molecule has 28 heavy (non-hydrogen) atoms. The Morgan fingerprint density at radius 3 is 2.68 bits per heavy atom. The standard InChI is InChI=1S/C21H24N4O3/c1-24(2)15-7-9-25(10-8-15)21(26)14-5-6-18-16(11-14)19(23-28-18)17-12-27-20(22-17)13-3-4-13/h5-6,11-13,15H,3-4,7-10H2,1-2H3. The summed E-state index contributed by atoms with van der Waals surface area (Å²) in [6.45, 7) is 1.56. The van der Waals surface area contributed by atoms with E-state index in [-0.39, 0.29) is 5.91 Å². The molecule has 1 aliphatic heterocycles. The lowest BCUT2D eigenvalue weighted by Crippen LogP contribution is -2.44. The van der Waals surface area contributed by atoms with Gasteiger partial charge in [-0.25, -0.2) is 4.98 Å². The van der Waals surface area contributed by atoms with Gasteiger partial charge in [0.1, 0.15) is 17.7 Å². The average Bonchev–Trinajstić information content (AvgIpc) is 3.30. The SMILES string of the molecule is CN(C)C1CCN(C(=O)c2ccc3onc(-c4coc(C5CC5)n4)c3c2)CC1. The minimum Gasteiger partial charge on any atom is -0.448 e. The molecule has 1 aromatic carbocycles. The Hall–Kier alpha value is -2.67. The molecule has 1 amide bonds. The van der Waals surface area contributed by atoms with E-state index < -0.39 is 0 Å². The molecule has 2 aliphatic rings. The molecule has 0 N–H and O–H groups in total. The minimum atomic E-state index is 0.0603. The van der Waals surface area contributed by atoms with Crippen LogP contribution < -0.4 is 0 Å². The Kier molecular flexibility index (Phi) is 4.19. The number of hydrogen-bond acceptors (Lipinski definition) is 6. The van der Waals surface area contributed by atoms with Crippen molar-refractivity contribution in [2.24, 2.45) is 0 Å². The number of hydrogen-bond donors (Lipinski definition) is 0. The van der Waals surface area contributed by atoms with Crippen LogP contribution in [-0.4, -0.2) is 59.1 Å². The monoisotopic (exact) mass is 380 g/mol. The van der Waals surface area contributed by atoms with Crippen molar-refractivity contribution in [1.29, 1.82) is 0 Å². The van der Waals surface area contributed by atoms with Gasteiger partial charge in [-0.1, -0.05) is 5.16 Å². The molecule has 3 aromatic rings. The van der Waals surface area contributed by atoms with Gasteiger partial charge in [0.05, 0.1) is 5.39 Å². The zero-order valence-corrected chi connectivity index (χ0v) is 16.2. The molecule has 0 unspecified atom stereocenters. The predicted octanol–water partition coefficient (Wildman–Crippen LogP) is 3.53. The maximum absolute atomic E-state index is 13.0. The van der Waals surface area contributed by atoms with Crippen molar-refractivity contribution in [2.75, 3.05) is 27.2 Å². The highest BCUT2D eigenvalue weighted by Crippen LogP contribution is 2.40. The third kappa shape index (κ3) is 3.09. The van der Waals surface area contributed by atoms with Crippen molar-refractivity contribution >= 4 is 16.9 Å². The molecular weight excluding hydrogens is 356 g/mol. The van der Waals surface area contributed by atoms with E-state index in [0.717, 1.165) is 50.0 Å². The van der Waals surface area contributed by atoms with E-state index in [9.17, 15) is 4.79 Å². The minimum absolute atomic E-state index is 0.0603. The van der Waals surface area contributed by atoms with Gasteiger partial charge in [-0.05, 0) is 58.0 Å². The number of amides is 1. The van der Waals surface area contributed by atoms with Gasteiger partial charge in [-0.2, -0.15) is 0 Å². The summed E-state index contributed by atoms with van der Waals surface area (Å²) in [7, 11) is 4.20. The number of fused-ring (bicyclic) bond motifs is 1. The van der Waals surface area contributed by atoms with Crippen LogP contribution in [0, 0.1) is 0 Å². The van der Waals surface area contributed by atoms with Crippen LogP contribution in [-0.2, 0) is 0 Å². The largest absolute Gasteiger partial charge is 0.448 e. The number of carbonyl (C=O) groups is 1. The van der Waals surface area contributed by atoms with Gasteiger partial charge in [0.2, 0.25) is 0 Å². The first kappa shape index (κ1) is 17.4. The lowest BCUT2D eigenvalue weighted by molar-refractivity contribution is 0.0663. The molecule has 5 rings (SSSR count). The third-order valence-corrected chi connectivity index (χ3v) is 5.89. The van der Waals surface area contributed by atoms with Crippen LogP contribution in [0.15, 0.2) is 33.4 Å². The first-order chi connectivity index (χ1) is 13.6. The fraction of sp³-hybridized carbons (Fsp3) is 0.476. The molecule has 2 fully saturated rings. The Morgan fingerprint density at radius 2 is 1.96 bits per heavy atom. The van der Waals surface area contributed by atoms with Crippen LogP contribution >= 0.6 is 0 Å². The van der Waals surface area contributed by atoms with Crippen molar-refractivity contribution in [3.8, 4) is 11.4 Å². The molecule has 1 saturated heterocycles. The van der Waals surface area contributed by atoms with Gasteiger partial charge in [0, 0.05) is 30.6 Å². The molecular formula is C21H24N4O3. The quantitative estimate of drug-likeness (QED) is 0.689. The molecule has 0 radical (unpaired) electrons. The molecule has 146 valence electrons. The lowest BCUT2D eigenvalue weighted by Gasteiger charge is -2.35. The van der Waals surface area contributed by atoms with Crippen molar-refractivity contribution in [3.63, 3.8) is 0 Å². The van der Waals surface area contributed by atoms with Gasteiger partial charge < -0.3 is 18.7 Å². The van der Waals surface area contributed by atoms with E-state index in [1.54, 1.807) is 6.26 Å². The Morgan fingerprint density at radius 1 is 1.18 bits per heavy atom. The molecule has 1 aliphatic carbocycles. The summed E-state index contributed by atoms with van der Waals surface area (Å²) < 4.78 is 11.0. The average molecular weight is 380 g/mol. The summed E-state index contributed by atoms with van der Waals surface area (Å²) in [5.74, 6) is 1.27. The fourth-order valence-electron chi connectivity index (χ4n) is 3.94. The van der Waals surface area contributed by atoms with Crippen molar-refractivity contribution in [1.82, 2.24) is 19.9 Å². The number of oxazole rings is 1. The maximum atomic E-state index is 13.0. The Bertz CT molecular complexity index is 1010. The predicted molar refractivity (Wildman–Crippen MR) is 104 cm³/mol. The molecule has 7 nitrogen and oxygen atoms in total. The van der Waals surface area contributed by atoms with Crippen LogP contribution in [0.3, 0.4) is 0 Å². The summed E-state index contributed by atoms with van der Waals surface area (Å²) >= 11 is 0. The number of benzene rings is 1. The Balaban J connectivity index is 1.40. The third-order valence-electron chi connectivity index (χ3n) is 5.89. The van der Waals surface area contributed by atoms with E-state index in [1.165, 1.54) is 0 Å². The Labute approximate surface area is 163 Å². The summed E-state index contributed by atoms with van der Waals surface area (Å²) in [6.07, 6.45) is 5.89. The van der Waals surface area contributed by atoms with Gasteiger partial charge in [0.25, 0.3) is 5.91 Å². The number of nitrogens with zero attached hydrogens (tertiary/aromatic N) is 4. The fourth-order valence-corrected chi connectivity index (χ4v) is 3.94. The van der Waals surface area contributed by atoms with Crippen LogP contribution in [0.5, 0.6) is 0 Å². The summed E-state index contributed by atoms with van der Waals surface area (Å²) in [5.41, 5.74) is 2.60.